The number of sulfone groups is 1. The van der Waals surface area contributed by atoms with Gasteiger partial charge in [-0.25, -0.2) is 13.4 Å². The number of rotatable bonds is 6. The Hall–Kier alpha value is -2.68. The van der Waals surface area contributed by atoms with Gasteiger partial charge in [-0.1, -0.05) is 41.9 Å². The Morgan fingerprint density at radius 1 is 1.14 bits per heavy atom. The molecule has 0 amide bonds. The topological polar surface area (TPSA) is 88.7 Å². The van der Waals surface area contributed by atoms with E-state index in [0.29, 0.717) is 31.7 Å². The van der Waals surface area contributed by atoms with E-state index >= 15 is 0 Å². The van der Waals surface area contributed by atoms with Crippen LogP contribution in [-0.4, -0.2) is 28.9 Å². The Kier molecular flexibility index (Phi) is 5.16. The minimum absolute atomic E-state index is 0.0861. The Morgan fingerprint density at radius 3 is 2.59 bits per heavy atom. The van der Waals surface area contributed by atoms with Crippen molar-refractivity contribution in [3.05, 3.63) is 76.4 Å². The van der Waals surface area contributed by atoms with E-state index in [-0.39, 0.29) is 17.1 Å². The molecule has 0 aliphatic rings. The van der Waals surface area contributed by atoms with E-state index in [1.807, 2.05) is 6.07 Å². The lowest BCUT2D eigenvalue weighted by Crippen LogP contribution is -2.07. The van der Waals surface area contributed by atoms with Crippen LogP contribution in [0.25, 0.3) is 16.2 Å². The van der Waals surface area contributed by atoms with Crippen LogP contribution in [0.1, 0.15) is 10.4 Å². The lowest BCUT2D eigenvalue weighted by Gasteiger charge is -2.10. The van der Waals surface area contributed by atoms with Gasteiger partial charge >= 0.3 is 5.97 Å². The minimum Gasteiger partial charge on any atom is -0.481 e. The average Bonchev–Trinajstić information content (AvgIpc) is 3.19. The maximum absolute atomic E-state index is 13.1. The van der Waals surface area contributed by atoms with Gasteiger partial charge in [-0.05, 0) is 23.8 Å². The monoisotopic (exact) mass is 446 g/mol. The van der Waals surface area contributed by atoms with Gasteiger partial charge in [0.2, 0.25) is 0 Å². The number of thiazole rings is 1. The van der Waals surface area contributed by atoms with Gasteiger partial charge in [-0.2, -0.15) is 0 Å². The van der Waals surface area contributed by atoms with Crippen molar-refractivity contribution >= 4 is 43.7 Å². The van der Waals surface area contributed by atoms with Crippen molar-refractivity contribution < 1.29 is 18.3 Å². The smallest absolute Gasteiger partial charge is 0.308 e. The van der Waals surface area contributed by atoms with E-state index in [2.05, 4.69) is 4.98 Å². The number of benzene rings is 2. The summed E-state index contributed by atoms with van der Waals surface area (Å²) in [5, 5.41) is 9.34. The number of aromatic nitrogens is 2. The molecule has 0 atom stereocenters. The number of aliphatic carboxylic acids is 1. The molecular formula is C20H15ClN2O4S2. The molecule has 4 aromatic rings. The van der Waals surface area contributed by atoms with Crippen molar-refractivity contribution in [2.24, 2.45) is 0 Å². The molecule has 0 bridgehead atoms. The fourth-order valence-corrected chi connectivity index (χ4v) is 5.73. The van der Waals surface area contributed by atoms with Gasteiger partial charge in [-0.3, -0.25) is 9.20 Å². The summed E-state index contributed by atoms with van der Waals surface area (Å²) in [4.78, 5) is 16.8. The molecule has 0 saturated heterocycles. The predicted molar refractivity (Wildman–Crippen MR) is 112 cm³/mol. The zero-order valence-electron chi connectivity index (χ0n) is 14.9. The van der Waals surface area contributed by atoms with Gasteiger partial charge in [-0.15, -0.1) is 11.3 Å². The van der Waals surface area contributed by atoms with Crippen LogP contribution >= 0.6 is 22.9 Å². The molecule has 0 saturated carbocycles. The van der Waals surface area contributed by atoms with Gasteiger partial charge in [0.1, 0.15) is 0 Å². The molecule has 2 heterocycles. The molecule has 0 fully saturated rings. The summed E-state index contributed by atoms with van der Waals surface area (Å²) >= 11 is 7.39. The molecule has 0 aliphatic heterocycles. The predicted octanol–water partition coefficient (Wildman–Crippen LogP) is 4.32. The number of fused-ring (bicyclic) bond motifs is 1. The van der Waals surface area contributed by atoms with Crippen LogP contribution in [0.5, 0.6) is 0 Å². The molecule has 0 unspecified atom stereocenters. The van der Waals surface area contributed by atoms with Crippen LogP contribution in [-0.2, 0) is 26.8 Å². The van der Waals surface area contributed by atoms with Crippen LogP contribution in [0.3, 0.4) is 0 Å². The van der Waals surface area contributed by atoms with E-state index in [9.17, 15) is 13.2 Å². The summed E-state index contributed by atoms with van der Waals surface area (Å²) < 4.78 is 27.9. The van der Waals surface area contributed by atoms with Crippen molar-refractivity contribution in [3.8, 4) is 11.3 Å². The summed E-state index contributed by atoms with van der Waals surface area (Å²) in [5.74, 6) is -1.05. The number of hydrogen-bond acceptors (Lipinski definition) is 5. The third-order valence-electron chi connectivity index (χ3n) is 4.28. The maximum atomic E-state index is 13.1. The van der Waals surface area contributed by atoms with Crippen molar-refractivity contribution in [2.45, 2.75) is 17.1 Å². The molecule has 6 nitrogen and oxygen atoms in total. The molecule has 2 aromatic carbocycles. The highest BCUT2D eigenvalue weighted by molar-refractivity contribution is 7.90. The fourth-order valence-electron chi connectivity index (χ4n) is 3.05. The molecule has 1 N–H and O–H groups in total. The lowest BCUT2D eigenvalue weighted by atomic mass is 10.2. The normalized spacial score (nSPS) is 11.8. The standard InChI is InChI=1S/C20H15ClN2O4S2/c21-14-6-7-18(29(26,27)12-13-4-2-1-3-5-13)16(8-14)17-11-23-10-15(9-19(24)25)28-20(23)22-17/h1-8,10-11H,9,12H2,(H,24,25). The van der Waals surface area contributed by atoms with Crippen LogP contribution in [0.4, 0.5) is 0 Å². The summed E-state index contributed by atoms with van der Waals surface area (Å²) in [6.45, 7) is 0. The second-order valence-electron chi connectivity index (χ2n) is 6.47. The molecule has 0 aliphatic carbocycles. The highest BCUT2D eigenvalue weighted by Crippen LogP contribution is 2.33. The number of imidazole rings is 1. The van der Waals surface area contributed by atoms with Crippen LogP contribution in [0.15, 0.2) is 65.8 Å². The molecule has 148 valence electrons. The number of hydrogen-bond donors (Lipinski definition) is 1. The molecule has 0 spiro atoms. The summed E-state index contributed by atoms with van der Waals surface area (Å²) in [5.41, 5.74) is 1.58. The fraction of sp³-hybridized carbons (Fsp3) is 0.100. The first-order valence-corrected chi connectivity index (χ1v) is 11.4. The molecule has 2 aromatic heterocycles. The summed E-state index contributed by atoms with van der Waals surface area (Å²) in [6, 6.07) is 13.6. The van der Waals surface area contributed by atoms with Crippen molar-refractivity contribution in [3.63, 3.8) is 0 Å². The van der Waals surface area contributed by atoms with E-state index in [1.54, 1.807) is 53.2 Å². The van der Waals surface area contributed by atoms with Crippen molar-refractivity contribution in [1.29, 1.82) is 0 Å². The highest BCUT2D eigenvalue weighted by Gasteiger charge is 2.22. The SMILES string of the molecule is O=C(O)Cc1cn2cc(-c3cc(Cl)ccc3S(=O)(=O)Cc3ccccc3)nc2s1. The average molecular weight is 447 g/mol. The zero-order valence-corrected chi connectivity index (χ0v) is 17.3. The van der Waals surface area contributed by atoms with Crippen LogP contribution < -0.4 is 0 Å². The third kappa shape index (κ3) is 4.19. The van der Waals surface area contributed by atoms with Gasteiger partial charge < -0.3 is 5.11 Å². The highest BCUT2D eigenvalue weighted by atomic mass is 35.5. The van der Waals surface area contributed by atoms with Crippen molar-refractivity contribution in [2.75, 3.05) is 0 Å². The lowest BCUT2D eigenvalue weighted by molar-refractivity contribution is -0.136. The third-order valence-corrected chi connectivity index (χ3v) is 7.25. The number of halogens is 1. The van der Waals surface area contributed by atoms with E-state index in [1.165, 1.54) is 17.4 Å². The number of nitrogens with zero attached hydrogens (tertiary/aromatic N) is 2. The number of carboxylic acid groups (broad SMARTS) is 1. The Morgan fingerprint density at radius 2 is 1.90 bits per heavy atom. The summed E-state index contributed by atoms with van der Waals surface area (Å²) in [7, 11) is -3.64. The zero-order chi connectivity index (χ0) is 20.6. The van der Waals surface area contributed by atoms with Gasteiger partial charge in [0.25, 0.3) is 0 Å². The van der Waals surface area contributed by atoms with E-state index in [4.69, 9.17) is 16.7 Å². The maximum Gasteiger partial charge on any atom is 0.308 e. The van der Waals surface area contributed by atoms with E-state index in [0.717, 1.165) is 0 Å². The molecular weight excluding hydrogens is 432 g/mol. The van der Waals surface area contributed by atoms with Gasteiger partial charge in [0.05, 0.1) is 22.8 Å². The first kappa shape index (κ1) is 19.6. The Labute approximate surface area is 176 Å². The Balaban J connectivity index is 1.76. The number of carbonyl (C=O) groups is 1. The van der Waals surface area contributed by atoms with Gasteiger partial charge in [0.15, 0.2) is 14.8 Å². The quantitative estimate of drug-likeness (QED) is 0.476. The second kappa shape index (κ2) is 7.62. The first-order valence-electron chi connectivity index (χ1n) is 8.58. The second-order valence-corrected chi connectivity index (χ2v) is 9.96. The minimum atomic E-state index is -3.64. The van der Waals surface area contributed by atoms with E-state index < -0.39 is 15.8 Å². The van der Waals surface area contributed by atoms with Gasteiger partial charge in [0, 0.05) is 27.9 Å². The first-order chi connectivity index (χ1) is 13.8. The van der Waals surface area contributed by atoms with Crippen LogP contribution in [0, 0.1) is 0 Å². The molecule has 29 heavy (non-hydrogen) atoms. The largest absolute Gasteiger partial charge is 0.481 e. The van der Waals surface area contributed by atoms with Crippen LogP contribution in [0.2, 0.25) is 5.02 Å². The summed E-state index contributed by atoms with van der Waals surface area (Å²) in [6.07, 6.45) is 3.29. The van der Waals surface area contributed by atoms with Crippen molar-refractivity contribution in [1.82, 2.24) is 9.38 Å². The number of carboxylic acids is 1. The Bertz CT molecular complexity index is 1280. The molecule has 4 rings (SSSR count). The molecule has 0 radical (unpaired) electrons. The molecule has 9 heteroatoms.